The molecule has 100 valence electrons. The number of hydrogen-bond acceptors (Lipinski definition) is 3. The quantitative estimate of drug-likeness (QED) is 0.843. The summed E-state index contributed by atoms with van der Waals surface area (Å²) in [5.41, 5.74) is -0.348. The number of rotatable bonds is 5. The number of nitrogens with one attached hydrogen (secondary N) is 1. The molecular weight excluding hydrogens is 234 g/mol. The van der Waals surface area contributed by atoms with E-state index in [4.69, 9.17) is 9.52 Å². The highest BCUT2D eigenvalue weighted by Gasteiger charge is 2.33. The summed E-state index contributed by atoms with van der Waals surface area (Å²) < 4.78 is 5.06. The molecule has 0 aliphatic heterocycles. The van der Waals surface area contributed by atoms with Crippen molar-refractivity contribution in [2.45, 2.75) is 39.7 Å². The Morgan fingerprint density at radius 2 is 2.11 bits per heavy atom. The molecule has 0 aliphatic carbocycles. The van der Waals surface area contributed by atoms with E-state index in [1.807, 2.05) is 13.8 Å². The van der Waals surface area contributed by atoms with Gasteiger partial charge in [0.15, 0.2) is 0 Å². The van der Waals surface area contributed by atoms with Gasteiger partial charge in [-0.25, -0.2) is 0 Å². The summed E-state index contributed by atoms with van der Waals surface area (Å²) in [5.74, 6) is -0.715. The molecule has 2 N–H and O–H groups in total. The molecule has 5 heteroatoms. The van der Waals surface area contributed by atoms with Gasteiger partial charge in [-0.05, 0) is 25.8 Å². The fraction of sp³-hybridized carbons (Fsp3) is 0.538. The molecule has 0 saturated heterocycles. The summed E-state index contributed by atoms with van der Waals surface area (Å²) in [6, 6.07) is 1.58. The first kappa shape index (κ1) is 14.3. The Kier molecular flexibility index (Phi) is 4.16. The van der Waals surface area contributed by atoms with Crippen LogP contribution in [0.2, 0.25) is 0 Å². The lowest BCUT2D eigenvalue weighted by atomic mass is 9.85. The van der Waals surface area contributed by atoms with Gasteiger partial charge in [0.25, 0.3) is 5.91 Å². The first-order valence-corrected chi connectivity index (χ1v) is 5.84. The van der Waals surface area contributed by atoms with E-state index >= 15 is 0 Å². The molecule has 18 heavy (non-hydrogen) atoms. The van der Waals surface area contributed by atoms with Crippen molar-refractivity contribution in [1.82, 2.24) is 5.32 Å². The largest absolute Gasteiger partial charge is 0.481 e. The Bertz CT molecular complexity index is 450. The molecule has 1 rings (SSSR count). The molecule has 1 unspecified atom stereocenters. The molecule has 0 spiro atoms. The van der Waals surface area contributed by atoms with Crippen LogP contribution >= 0.6 is 0 Å². The average Bonchev–Trinajstić information content (AvgIpc) is 2.62. The van der Waals surface area contributed by atoms with Crippen molar-refractivity contribution in [3.05, 3.63) is 23.7 Å². The summed E-state index contributed by atoms with van der Waals surface area (Å²) in [7, 11) is 0. The second kappa shape index (κ2) is 5.25. The fourth-order valence-corrected chi connectivity index (χ4v) is 1.65. The minimum atomic E-state index is -0.935. The number of aryl methyl sites for hydroxylation is 1. The zero-order valence-corrected chi connectivity index (χ0v) is 11.1. The van der Waals surface area contributed by atoms with E-state index < -0.39 is 11.5 Å². The second-order valence-electron chi connectivity index (χ2n) is 4.99. The molecule has 0 saturated carbocycles. The van der Waals surface area contributed by atoms with Crippen LogP contribution in [-0.4, -0.2) is 22.5 Å². The van der Waals surface area contributed by atoms with Crippen LogP contribution in [-0.2, 0) is 4.79 Å². The minimum absolute atomic E-state index is 0.00440. The highest BCUT2D eigenvalue weighted by atomic mass is 16.4. The summed E-state index contributed by atoms with van der Waals surface area (Å²) in [4.78, 5) is 22.9. The molecule has 1 atom stereocenters. The van der Waals surface area contributed by atoms with Gasteiger partial charge in [-0.15, -0.1) is 0 Å². The molecule has 1 heterocycles. The Morgan fingerprint density at radius 3 is 2.50 bits per heavy atom. The van der Waals surface area contributed by atoms with Gasteiger partial charge in [-0.1, -0.05) is 13.8 Å². The zero-order chi connectivity index (χ0) is 13.9. The Balaban J connectivity index is 2.88. The van der Waals surface area contributed by atoms with Gasteiger partial charge in [0.2, 0.25) is 0 Å². The van der Waals surface area contributed by atoms with E-state index in [0.717, 1.165) is 0 Å². The predicted molar refractivity (Wildman–Crippen MR) is 66.4 cm³/mol. The van der Waals surface area contributed by atoms with Crippen molar-refractivity contribution in [2.24, 2.45) is 5.92 Å². The molecule has 1 amide bonds. The topological polar surface area (TPSA) is 79.5 Å². The van der Waals surface area contributed by atoms with Crippen molar-refractivity contribution < 1.29 is 19.1 Å². The number of furan rings is 1. The highest BCUT2D eigenvalue weighted by Crippen LogP contribution is 2.22. The standard InChI is InChI=1S/C13H19NO4/c1-8(2)13(4,7-11(15)16)14-12(17)10-5-6-18-9(10)3/h5-6,8H,7H2,1-4H3,(H,14,17)(H,15,16). The first-order chi connectivity index (χ1) is 8.26. The molecule has 0 aromatic carbocycles. The maximum atomic E-state index is 12.1. The molecule has 0 bridgehead atoms. The average molecular weight is 253 g/mol. The molecule has 0 aliphatic rings. The smallest absolute Gasteiger partial charge is 0.305 e. The summed E-state index contributed by atoms with van der Waals surface area (Å²) in [6.45, 7) is 7.19. The van der Waals surface area contributed by atoms with Crippen LogP contribution in [0.5, 0.6) is 0 Å². The van der Waals surface area contributed by atoms with Crippen molar-refractivity contribution in [3.8, 4) is 0 Å². The van der Waals surface area contributed by atoms with Crippen LogP contribution in [0.25, 0.3) is 0 Å². The van der Waals surface area contributed by atoms with E-state index in [9.17, 15) is 9.59 Å². The fourth-order valence-electron chi connectivity index (χ4n) is 1.65. The van der Waals surface area contributed by atoms with Gasteiger partial charge < -0.3 is 14.8 Å². The SMILES string of the molecule is Cc1occc1C(=O)NC(C)(CC(=O)O)C(C)C. The predicted octanol–water partition coefficient (Wildman–Crippen LogP) is 2.21. The lowest BCUT2D eigenvalue weighted by molar-refractivity contribution is -0.138. The third kappa shape index (κ3) is 3.12. The lowest BCUT2D eigenvalue weighted by Crippen LogP contribution is -2.51. The van der Waals surface area contributed by atoms with Crippen LogP contribution in [0.1, 0.15) is 43.3 Å². The normalized spacial score (nSPS) is 14.3. The van der Waals surface area contributed by atoms with Crippen molar-refractivity contribution >= 4 is 11.9 Å². The Labute approximate surface area is 106 Å². The van der Waals surface area contributed by atoms with E-state index in [1.54, 1.807) is 19.9 Å². The van der Waals surface area contributed by atoms with Crippen molar-refractivity contribution in [2.75, 3.05) is 0 Å². The van der Waals surface area contributed by atoms with Gasteiger partial charge in [-0.2, -0.15) is 0 Å². The highest BCUT2D eigenvalue weighted by molar-refractivity contribution is 5.95. The van der Waals surface area contributed by atoms with Crippen LogP contribution in [0.15, 0.2) is 16.7 Å². The third-order valence-electron chi connectivity index (χ3n) is 3.30. The number of carboxylic acid groups (broad SMARTS) is 1. The van der Waals surface area contributed by atoms with E-state index in [0.29, 0.717) is 11.3 Å². The summed E-state index contributed by atoms with van der Waals surface area (Å²) in [5, 5.41) is 11.7. The summed E-state index contributed by atoms with van der Waals surface area (Å²) in [6.07, 6.45) is 1.32. The van der Waals surface area contributed by atoms with Gasteiger partial charge >= 0.3 is 5.97 Å². The molecule has 0 fully saturated rings. The van der Waals surface area contributed by atoms with Gasteiger partial charge in [-0.3, -0.25) is 9.59 Å². The summed E-state index contributed by atoms with van der Waals surface area (Å²) >= 11 is 0. The van der Waals surface area contributed by atoms with Crippen LogP contribution < -0.4 is 5.32 Å². The molecular formula is C13H19NO4. The maximum absolute atomic E-state index is 12.1. The first-order valence-electron chi connectivity index (χ1n) is 5.84. The number of aliphatic carboxylic acids is 1. The van der Waals surface area contributed by atoms with Crippen molar-refractivity contribution in [3.63, 3.8) is 0 Å². The Morgan fingerprint density at radius 1 is 1.50 bits per heavy atom. The van der Waals surface area contributed by atoms with Crippen LogP contribution in [0, 0.1) is 12.8 Å². The molecule has 1 aromatic rings. The van der Waals surface area contributed by atoms with E-state index in [-0.39, 0.29) is 18.2 Å². The van der Waals surface area contributed by atoms with Crippen molar-refractivity contribution in [1.29, 1.82) is 0 Å². The van der Waals surface area contributed by atoms with Gasteiger partial charge in [0, 0.05) is 0 Å². The monoisotopic (exact) mass is 253 g/mol. The number of carbonyl (C=O) groups excluding carboxylic acids is 1. The number of amides is 1. The van der Waals surface area contributed by atoms with E-state index in [2.05, 4.69) is 5.32 Å². The maximum Gasteiger partial charge on any atom is 0.305 e. The molecule has 5 nitrogen and oxygen atoms in total. The van der Waals surface area contributed by atoms with Crippen LogP contribution in [0.4, 0.5) is 0 Å². The minimum Gasteiger partial charge on any atom is -0.481 e. The molecule has 0 radical (unpaired) electrons. The van der Waals surface area contributed by atoms with E-state index in [1.165, 1.54) is 6.26 Å². The van der Waals surface area contributed by atoms with Gasteiger partial charge in [0.1, 0.15) is 5.76 Å². The Hall–Kier alpha value is -1.78. The number of carboxylic acids is 1. The number of hydrogen-bond donors (Lipinski definition) is 2. The second-order valence-corrected chi connectivity index (χ2v) is 4.99. The zero-order valence-electron chi connectivity index (χ0n) is 11.1. The third-order valence-corrected chi connectivity index (χ3v) is 3.30. The van der Waals surface area contributed by atoms with Gasteiger partial charge in [0.05, 0.1) is 23.8 Å². The lowest BCUT2D eigenvalue weighted by Gasteiger charge is -2.33. The molecule has 1 aromatic heterocycles. The number of carbonyl (C=O) groups is 2. The van der Waals surface area contributed by atoms with Crippen LogP contribution in [0.3, 0.4) is 0 Å².